The number of nitrogens with one attached hydrogen (secondary N) is 1. The number of carboxylic acid groups (broad SMARTS) is 1. The fraction of sp³-hybridized carbons (Fsp3) is 0.462. The van der Waals surface area contributed by atoms with E-state index < -0.39 is 11.9 Å². The van der Waals surface area contributed by atoms with Crippen LogP contribution in [-0.2, 0) is 11.2 Å². The number of thiazole rings is 1. The maximum atomic E-state index is 11.1. The average Bonchev–Trinajstić information content (AvgIpc) is 3.02. The van der Waals surface area contributed by atoms with Gasteiger partial charge >= 0.3 is 5.97 Å². The molecule has 0 radical (unpaired) electrons. The van der Waals surface area contributed by atoms with E-state index >= 15 is 0 Å². The van der Waals surface area contributed by atoms with Gasteiger partial charge in [-0.3, -0.25) is 9.48 Å². The molecule has 6 nitrogen and oxygen atoms in total. The first-order valence-corrected chi connectivity index (χ1v) is 7.40. The maximum absolute atomic E-state index is 11.1. The second-order valence-electron chi connectivity index (χ2n) is 5.18. The summed E-state index contributed by atoms with van der Waals surface area (Å²) in [4.78, 5) is 16.7. The molecule has 1 atom stereocenters. The molecule has 2 aromatic heterocycles. The Morgan fingerprint density at radius 3 is 3.05 bits per heavy atom. The lowest BCUT2D eigenvalue weighted by Gasteiger charge is -2.03. The van der Waals surface area contributed by atoms with Crippen LogP contribution in [0.1, 0.15) is 42.8 Å². The number of anilines is 2. The van der Waals surface area contributed by atoms with Gasteiger partial charge in [0.1, 0.15) is 5.92 Å². The highest BCUT2D eigenvalue weighted by Crippen LogP contribution is 2.39. The number of rotatable bonds is 4. The molecule has 0 amide bonds. The van der Waals surface area contributed by atoms with E-state index in [9.17, 15) is 4.79 Å². The van der Waals surface area contributed by atoms with E-state index in [0.29, 0.717) is 12.5 Å². The summed E-state index contributed by atoms with van der Waals surface area (Å²) in [6.07, 6.45) is 5.14. The molecule has 0 fully saturated rings. The zero-order valence-electron chi connectivity index (χ0n) is 11.3. The van der Waals surface area contributed by atoms with Crippen LogP contribution in [0.25, 0.3) is 0 Å². The van der Waals surface area contributed by atoms with E-state index in [1.807, 2.05) is 10.9 Å². The van der Waals surface area contributed by atoms with E-state index in [2.05, 4.69) is 29.2 Å². The molecule has 3 rings (SSSR count). The molecular formula is C13H16N4O2S. The molecular weight excluding hydrogens is 276 g/mol. The molecule has 2 heterocycles. The summed E-state index contributed by atoms with van der Waals surface area (Å²) in [5.41, 5.74) is 1.60. The van der Waals surface area contributed by atoms with Crippen LogP contribution in [0.4, 0.5) is 10.8 Å². The Labute approximate surface area is 120 Å². The minimum absolute atomic E-state index is 0.309. The number of hydrogen-bond donors (Lipinski definition) is 2. The fourth-order valence-electron chi connectivity index (χ4n) is 2.33. The third kappa shape index (κ3) is 2.29. The minimum Gasteiger partial charge on any atom is -0.481 e. The molecule has 1 aliphatic rings. The Morgan fingerprint density at radius 1 is 1.60 bits per heavy atom. The monoisotopic (exact) mass is 292 g/mol. The van der Waals surface area contributed by atoms with Gasteiger partial charge in [-0.1, -0.05) is 0 Å². The summed E-state index contributed by atoms with van der Waals surface area (Å²) in [6, 6.07) is 0.309. The quantitative estimate of drug-likeness (QED) is 0.905. The van der Waals surface area contributed by atoms with Gasteiger partial charge in [0.2, 0.25) is 0 Å². The molecule has 2 aromatic rings. The predicted octanol–water partition coefficient (Wildman–Crippen LogP) is 2.78. The van der Waals surface area contributed by atoms with E-state index in [-0.39, 0.29) is 0 Å². The van der Waals surface area contributed by atoms with Crippen LogP contribution >= 0.6 is 11.3 Å². The molecule has 1 unspecified atom stereocenters. The van der Waals surface area contributed by atoms with Gasteiger partial charge in [-0.05, 0) is 26.7 Å². The topological polar surface area (TPSA) is 80.0 Å². The molecule has 0 bridgehead atoms. The van der Waals surface area contributed by atoms with Crippen molar-refractivity contribution in [3.05, 3.63) is 23.0 Å². The SMILES string of the molecule is CC(C)n1cc(Nc2nc3c(s2)CCC3C(=O)O)cn1. The van der Waals surface area contributed by atoms with Gasteiger partial charge in [0.25, 0.3) is 0 Å². The van der Waals surface area contributed by atoms with Crippen molar-refractivity contribution in [2.45, 2.75) is 38.6 Å². The summed E-state index contributed by atoms with van der Waals surface area (Å²) < 4.78 is 1.86. The number of hydrogen-bond acceptors (Lipinski definition) is 5. The first-order valence-electron chi connectivity index (χ1n) is 6.58. The lowest BCUT2D eigenvalue weighted by Crippen LogP contribution is -2.08. The summed E-state index contributed by atoms with van der Waals surface area (Å²) in [7, 11) is 0. The van der Waals surface area contributed by atoms with Crippen molar-refractivity contribution in [2.75, 3.05) is 5.32 Å². The average molecular weight is 292 g/mol. The van der Waals surface area contributed by atoms with Crippen LogP contribution in [0.2, 0.25) is 0 Å². The Bertz CT molecular complexity index is 647. The van der Waals surface area contributed by atoms with Gasteiger partial charge in [-0.25, -0.2) is 4.98 Å². The van der Waals surface area contributed by atoms with E-state index in [1.54, 1.807) is 6.20 Å². The molecule has 1 aliphatic carbocycles. The first-order chi connectivity index (χ1) is 9.54. The van der Waals surface area contributed by atoms with E-state index in [0.717, 1.165) is 27.8 Å². The number of carboxylic acids is 1. The van der Waals surface area contributed by atoms with Crippen molar-refractivity contribution >= 4 is 28.1 Å². The number of aliphatic carboxylic acids is 1. The second kappa shape index (κ2) is 4.90. The van der Waals surface area contributed by atoms with Crippen molar-refractivity contribution in [3.63, 3.8) is 0 Å². The van der Waals surface area contributed by atoms with Crippen molar-refractivity contribution in [1.29, 1.82) is 0 Å². The van der Waals surface area contributed by atoms with Gasteiger partial charge in [-0.15, -0.1) is 11.3 Å². The highest BCUT2D eigenvalue weighted by Gasteiger charge is 2.32. The second-order valence-corrected chi connectivity index (χ2v) is 6.27. The Kier molecular flexibility index (Phi) is 3.21. The van der Waals surface area contributed by atoms with Crippen molar-refractivity contribution in [3.8, 4) is 0 Å². The molecule has 20 heavy (non-hydrogen) atoms. The number of carbonyl (C=O) groups is 1. The molecule has 0 saturated carbocycles. The highest BCUT2D eigenvalue weighted by atomic mass is 32.1. The minimum atomic E-state index is -0.784. The normalized spacial score (nSPS) is 17.4. The maximum Gasteiger partial charge on any atom is 0.312 e. The Morgan fingerprint density at radius 2 is 2.40 bits per heavy atom. The predicted molar refractivity (Wildman–Crippen MR) is 76.7 cm³/mol. The number of fused-ring (bicyclic) bond motifs is 1. The highest BCUT2D eigenvalue weighted by molar-refractivity contribution is 7.15. The summed E-state index contributed by atoms with van der Waals surface area (Å²) in [5, 5.41) is 17.3. The number of nitrogens with zero attached hydrogens (tertiary/aromatic N) is 3. The van der Waals surface area contributed by atoms with Gasteiger partial charge in [0.15, 0.2) is 5.13 Å². The van der Waals surface area contributed by atoms with Crippen LogP contribution < -0.4 is 5.32 Å². The van der Waals surface area contributed by atoms with Crippen LogP contribution in [0.5, 0.6) is 0 Å². The molecule has 2 N–H and O–H groups in total. The molecule has 106 valence electrons. The molecule has 0 aromatic carbocycles. The summed E-state index contributed by atoms with van der Waals surface area (Å²) in [5.74, 6) is -1.23. The van der Waals surface area contributed by atoms with Crippen LogP contribution in [0, 0.1) is 0 Å². The molecule has 7 heteroatoms. The van der Waals surface area contributed by atoms with Crippen LogP contribution in [0.3, 0.4) is 0 Å². The van der Waals surface area contributed by atoms with Gasteiger partial charge in [0.05, 0.1) is 17.6 Å². The molecule has 0 saturated heterocycles. The molecule has 0 aliphatic heterocycles. The first kappa shape index (κ1) is 13.1. The zero-order chi connectivity index (χ0) is 14.3. The third-order valence-corrected chi connectivity index (χ3v) is 4.44. The van der Waals surface area contributed by atoms with Crippen LogP contribution in [-0.4, -0.2) is 25.8 Å². The third-order valence-electron chi connectivity index (χ3n) is 3.40. The lowest BCUT2D eigenvalue weighted by molar-refractivity contribution is -0.138. The molecule has 0 spiro atoms. The fourth-order valence-corrected chi connectivity index (χ4v) is 3.39. The van der Waals surface area contributed by atoms with Crippen molar-refractivity contribution < 1.29 is 9.90 Å². The summed E-state index contributed by atoms with van der Waals surface area (Å²) >= 11 is 1.53. The van der Waals surface area contributed by atoms with Crippen molar-refractivity contribution in [2.24, 2.45) is 0 Å². The van der Waals surface area contributed by atoms with Gasteiger partial charge < -0.3 is 10.4 Å². The van der Waals surface area contributed by atoms with Crippen molar-refractivity contribution in [1.82, 2.24) is 14.8 Å². The number of aryl methyl sites for hydroxylation is 1. The zero-order valence-corrected chi connectivity index (χ0v) is 12.1. The van der Waals surface area contributed by atoms with Gasteiger partial charge in [0, 0.05) is 17.1 Å². The standard InChI is InChI=1S/C13H16N4O2S/c1-7(2)17-6-8(5-14-17)15-13-16-11-9(12(18)19)3-4-10(11)20-13/h5-7,9H,3-4H2,1-2H3,(H,15,16)(H,18,19). The Balaban J connectivity index is 1.79. The largest absolute Gasteiger partial charge is 0.481 e. The van der Waals surface area contributed by atoms with E-state index in [1.165, 1.54) is 11.3 Å². The summed E-state index contributed by atoms with van der Waals surface area (Å²) in [6.45, 7) is 4.12. The van der Waals surface area contributed by atoms with Crippen LogP contribution in [0.15, 0.2) is 12.4 Å². The lowest BCUT2D eigenvalue weighted by atomic mass is 10.1. The van der Waals surface area contributed by atoms with Gasteiger partial charge in [-0.2, -0.15) is 5.10 Å². The van der Waals surface area contributed by atoms with E-state index in [4.69, 9.17) is 5.11 Å². The smallest absolute Gasteiger partial charge is 0.312 e. The Hall–Kier alpha value is -1.89. The number of aromatic nitrogens is 3.